The Bertz CT molecular complexity index is 2120. The lowest BCUT2D eigenvalue weighted by molar-refractivity contribution is -0.124. The third kappa shape index (κ3) is 9.02. The average Bonchev–Trinajstić information content (AvgIpc) is 3.77. The molecule has 3 atom stereocenters. The number of phenols is 1. The molecule has 0 radical (unpaired) electrons. The number of benzene rings is 3. The number of likely N-dealkylation sites (tertiary alicyclic amines) is 1. The molecule has 3 amide bonds. The number of aryl methyl sites for hydroxylation is 1. The number of hydrogen-bond acceptors (Lipinski definition) is 8. The van der Waals surface area contributed by atoms with Crippen molar-refractivity contribution in [3.63, 3.8) is 0 Å². The van der Waals surface area contributed by atoms with Crippen molar-refractivity contribution >= 4 is 29.7 Å². The molecule has 4 aliphatic rings. The molecule has 0 bridgehead atoms. The first kappa shape index (κ1) is 42.7. The van der Waals surface area contributed by atoms with E-state index in [1.54, 1.807) is 18.2 Å². The van der Waals surface area contributed by atoms with Crippen LogP contribution in [-0.4, -0.2) is 95.7 Å². The number of nitrogens with one attached hydrogen (secondary N) is 1. The zero-order valence-electron chi connectivity index (χ0n) is 35.2. The molecule has 60 heavy (non-hydrogen) atoms. The summed E-state index contributed by atoms with van der Waals surface area (Å²) in [6, 6.07) is 17.4. The van der Waals surface area contributed by atoms with Crippen molar-refractivity contribution in [3.8, 4) is 5.75 Å². The van der Waals surface area contributed by atoms with E-state index >= 15 is 0 Å². The van der Waals surface area contributed by atoms with Gasteiger partial charge in [0.25, 0.3) is 11.8 Å². The van der Waals surface area contributed by atoms with E-state index in [2.05, 4.69) is 64.4 Å². The molecule has 2 N–H and O–H groups in total. The molecule has 316 valence electrons. The number of halogens is 1. The third-order valence-electron chi connectivity index (χ3n) is 13.4. The van der Waals surface area contributed by atoms with Crippen molar-refractivity contribution < 1.29 is 28.7 Å². The van der Waals surface area contributed by atoms with Crippen molar-refractivity contribution in [1.29, 1.82) is 0 Å². The molecular formula is C49H58FN5O5. The average molecular weight is 816 g/mol. The number of anilines is 1. The predicted molar refractivity (Wildman–Crippen MR) is 233 cm³/mol. The van der Waals surface area contributed by atoms with Gasteiger partial charge in [0.2, 0.25) is 5.91 Å². The van der Waals surface area contributed by atoms with Crippen molar-refractivity contribution in [1.82, 2.24) is 20.0 Å². The van der Waals surface area contributed by atoms with Crippen LogP contribution in [-0.2, 0) is 22.7 Å². The van der Waals surface area contributed by atoms with E-state index in [0.717, 1.165) is 110 Å². The summed E-state index contributed by atoms with van der Waals surface area (Å²) < 4.78 is 13.5. The molecule has 2 fully saturated rings. The lowest BCUT2D eigenvalue weighted by atomic mass is 9.76. The number of amides is 3. The number of carbonyl (C=O) groups is 4. The number of fused-ring (bicyclic) bond motifs is 2. The molecule has 0 saturated carbocycles. The molecule has 11 heteroatoms. The fourth-order valence-corrected chi connectivity index (χ4v) is 9.90. The topological polar surface area (TPSA) is 114 Å². The van der Waals surface area contributed by atoms with Crippen LogP contribution in [0.1, 0.15) is 99.9 Å². The number of aldehydes is 1. The van der Waals surface area contributed by atoms with E-state index in [9.17, 15) is 28.7 Å². The number of rotatable bonds is 15. The van der Waals surface area contributed by atoms with Crippen LogP contribution in [0.5, 0.6) is 5.75 Å². The number of nitrogens with zero attached hydrogens (tertiary/aromatic N) is 4. The SMILES string of the molecule is C=C(F)/C=C\C(=C)[C@@H](C)[C@H](c1ccc(N2CCC(CN3CCC(N4Cc5cc6c(cc5C4)C(=O)N(C(CCC=O)C(=O)NC)C6=O)CC3)CC2)cc1)c1ccc(O)cc1C. The van der Waals surface area contributed by atoms with Crippen LogP contribution in [0, 0.1) is 18.8 Å². The summed E-state index contributed by atoms with van der Waals surface area (Å²) in [4.78, 5) is 59.2. The summed E-state index contributed by atoms with van der Waals surface area (Å²) in [5.41, 5.74) is 8.07. The second kappa shape index (κ2) is 18.5. The Hall–Kier alpha value is -5.39. The second-order valence-corrected chi connectivity index (χ2v) is 17.1. The first-order chi connectivity index (χ1) is 28.9. The van der Waals surface area contributed by atoms with Gasteiger partial charge in [-0.15, -0.1) is 0 Å². The molecular weight excluding hydrogens is 758 g/mol. The largest absolute Gasteiger partial charge is 0.508 e. The normalized spacial score (nSPS) is 19.3. The van der Waals surface area contributed by atoms with E-state index in [1.807, 2.05) is 25.1 Å². The highest BCUT2D eigenvalue weighted by atomic mass is 19.1. The molecule has 1 unspecified atom stereocenters. The number of imide groups is 1. The summed E-state index contributed by atoms with van der Waals surface area (Å²) >= 11 is 0. The lowest BCUT2D eigenvalue weighted by Crippen LogP contribution is -2.48. The van der Waals surface area contributed by atoms with Crippen LogP contribution in [0.15, 0.2) is 91.3 Å². The smallest absolute Gasteiger partial charge is 0.262 e. The monoisotopic (exact) mass is 815 g/mol. The van der Waals surface area contributed by atoms with Gasteiger partial charge in [-0.05, 0) is 134 Å². The number of piperidine rings is 2. The van der Waals surface area contributed by atoms with E-state index < -0.39 is 29.6 Å². The Kier molecular flexibility index (Phi) is 13.2. The second-order valence-electron chi connectivity index (χ2n) is 17.1. The molecule has 3 aromatic rings. The third-order valence-corrected chi connectivity index (χ3v) is 13.4. The Balaban J connectivity index is 0.903. The number of phenolic OH excluding ortho intramolecular Hbond substituents is 1. The maximum Gasteiger partial charge on any atom is 0.262 e. The van der Waals surface area contributed by atoms with Crippen LogP contribution >= 0.6 is 0 Å². The number of likely N-dealkylation sites (N-methyl/N-ethyl adjacent to an activating group) is 1. The van der Waals surface area contributed by atoms with Crippen molar-refractivity contribution in [2.45, 2.75) is 83.5 Å². The maximum absolute atomic E-state index is 13.5. The van der Waals surface area contributed by atoms with Crippen LogP contribution < -0.4 is 10.2 Å². The van der Waals surface area contributed by atoms with E-state index in [4.69, 9.17) is 0 Å². The number of carbonyl (C=O) groups excluding carboxylic acids is 4. The highest BCUT2D eigenvalue weighted by molar-refractivity contribution is 6.23. The number of aromatic hydroxyl groups is 1. The van der Waals surface area contributed by atoms with Crippen molar-refractivity contribution in [2.75, 3.05) is 44.7 Å². The minimum absolute atomic E-state index is 0.0213. The van der Waals surface area contributed by atoms with Crippen molar-refractivity contribution in [3.05, 3.63) is 130 Å². The molecule has 0 spiro atoms. The highest BCUT2D eigenvalue weighted by Gasteiger charge is 2.44. The zero-order chi connectivity index (χ0) is 42.7. The van der Waals surface area contributed by atoms with Crippen LogP contribution in [0.3, 0.4) is 0 Å². The molecule has 4 heterocycles. The first-order valence-electron chi connectivity index (χ1n) is 21.4. The molecule has 10 nitrogen and oxygen atoms in total. The van der Waals surface area contributed by atoms with Crippen molar-refractivity contribution in [2.24, 2.45) is 11.8 Å². The minimum Gasteiger partial charge on any atom is -0.508 e. The Morgan fingerprint density at radius 1 is 0.917 bits per heavy atom. The van der Waals surface area contributed by atoms with Gasteiger partial charge < -0.3 is 25.0 Å². The zero-order valence-corrected chi connectivity index (χ0v) is 35.2. The van der Waals surface area contributed by atoms with Crippen LogP contribution in [0.4, 0.5) is 10.1 Å². The van der Waals surface area contributed by atoms with Gasteiger partial charge in [-0.3, -0.25) is 24.2 Å². The van der Waals surface area contributed by atoms with Crippen LogP contribution in [0.2, 0.25) is 0 Å². The van der Waals surface area contributed by atoms with E-state index in [0.29, 0.717) is 29.4 Å². The maximum atomic E-state index is 13.5. The summed E-state index contributed by atoms with van der Waals surface area (Å²) in [5, 5.41) is 12.6. The molecule has 7 rings (SSSR count). The Morgan fingerprint density at radius 2 is 1.55 bits per heavy atom. The fraction of sp³-hybridized carbons (Fsp3) is 0.429. The summed E-state index contributed by atoms with van der Waals surface area (Å²) in [6.45, 7) is 18.4. The summed E-state index contributed by atoms with van der Waals surface area (Å²) in [6.07, 6.45) is 8.36. The van der Waals surface area contributed by atoms with E-state index in [1.165, 1.54) is 18.8 Å². The summed E-state index contributed by atoms with van der Waals surface area (Å²) in [7, 11) is 1.46. The van der Waals surface area contributed by atoms with Gasteiger partial charge in [0.15, 0.2) is 0 Å². The van der Waals surface area contributed by atoms with Gasteiger partial charge in [-0.2, -0.15) is 0 Å². The first-order valence-corrected chi connectivity index (χ1v) is 21.4. The number of allylic oxidation sites excluding steroid dienone is 4. The van der Waals surface area contributed by atoms with Gasteiger partial charge in [0.05, 0.1) is 11.1 Å². The quantitative estimate of drug-likeness (QED) is 0.0925. The molecule has 0 aromatic heterocycles. The number of hydrogen-bond donors (Lipinski definition) is 2. The highest BCUT2D eigenvalue weighted by Crippen LogP contribution is 2.40. The fourth-order valence-electron chi connectivity index (χ4n) is 9.90. The van der Waals surface area contributed by atoms with E-state index in [-0.39, 0.29) is 30.4 Å². The minimum atomic E-state index is -1.01. The van der Waals surface area contributed by atoms with Gasteiger partial charge in [-0.1, -0.05) is 49.9 Å². The van der Waals surface area contributed by atoms with Gasteiger partial charge in [0.1, 0.15) is 23.9 Å². The lowest BCUT2D eigenvalue weighted by Gasteiger charge is -2.40. The van der Waals surface area contributed by atoms with Gasteiger partial charge in [-0.25, -0.2) is 4.39 Å². The Morgan fingerprint density at radius 3 is 2.12 bits per heavy atom. The molecule has 3 aromatic carbocycles. The predicted octanol–water partition coefficient (Wildman–Crippen LogP) is 7.45. The van der Waals surface area contributed by atoms with Gasteiger partial charge >= 0.3 is 0 Å². The summed E-state index contributed by atoms with van der Waals surface area (Å²) in [5.74, 6) is -1.07. The standard InChI is InChI=1S/C49H58FN5O5/c1-31(8-9-33(3)50)34(4)46(42-15-14-41(57)25-32(42)2)36-10-12-39(13-11-36)53-22-16-35(17-23-53)28-52-20-18-40(19-21-52)54-29-37-26-43-44(27-38(37)30-54)49(60)55(48(43)59)45(7-6-24-56)47(58)51-5/h8-15,24-27,34-35,40,45-46,57H,1,3,6-7,16-23,28-30H2,2,4-5H3,(H,51,58)/b9-8-/t34-,45?,46-/m1/s1. The molecule has 2 saturated heterocycles. The molecule has 4 aliphatic heterocycles. The Labute approximate surface area is 353 Å². The molecule has 0 aliphatic carbocycles. The van der Waals surface area contributed by atoms with Gasteiger partial charge in [0, 0.05) is 63.8 Å². The van der Waals surface area contributed by atoms with Crippen LogP contribution in [0.25, 0.3) is 0 Å².